The van der Waals surface area contributed by atoms with Crippen LogP contribution >= 0.6 is 11.3 Å². The van der Waals surface area contributed by atoms with Gasteiger partial charge in [0.2, 0.25) is 0 Å². The quantitative estimate of drug-likeness (QED) is 0.482. The molecule has 124 valence electrons. The smallest absolute Gasteiger partial charge is 0.191 e. The molecule has 1 fully saturated rings. The molecule has 0 bridgehead atoms. The lowest BCUT2D eigenvalue weighted by atomic mass is 10.2. The van der Waals surface area contributed by atoms with Crippen molar-refractivity contribution in [1.82, 2.24) is 15.6 Å². The monoisotopic (exact) mass is 330 g/mol. The van der Waals surface area contributed by atoms with E-state index in [1.54, 1.807) is 11.3 Å². The van der Waals surface area contributed by atoms with Gasteiger partial charge in [0.1, 0.15) is 0 Å². The summed E-state index contributed by atoms with van der Waals surface area (Å²) in [6.45, 7) is 3.88. The van der Waals surface area contributed by atoms with E-state index in [1.807, 2.05) is 6.07 Å². The van der Waals surface area contributed by atoms with Gasteiger partial charge < -0.3 is 10.6 Å². The molecule has 4 nitrogen and oxygen atoms in total. The van der Waals surface area contributed by atoms with Gasteiger partial charge in [0.25, 0.3) is 0 Å². The van der Waals surface area contributed by atoms with Crippen molar-refractivity contribution < 1.29 is 0 Å². The molecule has 1 saturated carbocycles. The molecule has 1 aliphatic rings. The van der Waals surface area contributed by atoms with Gasteiger partial charge in [0, 0.05) is 25.6 Å². The lowest BCUT2D eigenvalue weighted by Gasteiger charge is -2.16. The van der Waals surface area contributed by atoms with Crippen molar-refractivity contribution in [1.29, 1.82) is 0 Å². The zero-order valence-corrected chi connectivity index (χ0v) is 14.7. The van der Waals surface area contributed by atoms with E-state index in [0.29, 0.717) is 6.04 Å². The van der Waals surface area contributed by atoms with Gasteiger partial charge in [-0.2, -0.15) is 0 Å². The highest BCUT2D eigenvalue weighted by atomic mass is 32.1. The third-order valence-corrected chi connectivity index (χ3v) is 5.29. The van der Waals surface area contributed by atoms with Crippen molar-refractivity contribution in [3.05, 3.63) is 29.3 Å². The van der Waals surface area contributed by atoms with Gasteiger partial charge in [-0.15, -0.1) is 11.3 Å². The number of aromatic nitrogens is 1. The molecule has 1 aromatic carbocycles. The van der Waals surface area contributed by atoms with E-state index in [9.17, 15) is 0 Å². The molecule has 5 heteroatoms. The minimum atomic E-state index is 0.608. The minimum absolute atomic E-state index is 0.608. The standard InChI is InChI=1S/C18H26N4S/c1-2-19-18(21-14-8-3-4-9-14)20-13-7-12-17-22-15-10-5-6-11-16(15)23-17/h5-6,10-11,14H,2-4,7-9,12-13H2,1H3,(H2,19,20,21). The molecule has 0 saturated heterocycles. The second-order valence-electron chi connectivity index (χ2n) is 6.07. The van der Waals surface area contributed by atoms with Crippen molar-refractivity contribution >= 4 is 27.5 Å². The Labute approximate surface area is 142 Å². The highest BCUT2D eigenvalue weighted by molar-refractivity contribution is 7.18. The number of hydrogen-bond acceptors (Lipinski definition) is 3. The van der Waals surface area contributed by atoms with E-state index < -0.39 is 0 Å². The lowest BCUT2D eigenvalue weighted by molar-refractivity contribution is 0.613. The van der Waals surface area contributed by atoms with Crippen LogP contribution in [0, 0.1) is 0 Å². The Kier molecular flexibility index (Phi) is 5.86. The lowest BCUT2D eigenvalue weighted by Crippen LogP contribution is -2.42. The third-order valence-electron chi connectivity index (χ3n) is 4.20. The zero-order chi connectivity index (χ0) is 15.9. The summed E-state index contributed by atoms with van der Waals surface area (Å²) in [5, 5.41) is 8.14. The predicted octanol–water partition coefficient (Wildman–Crippen LogP) is 3.73. The molecule has 0 aliphatic heterocycles. The Bertz CT molecular complexity index is 610. The van der Waals surface area contributed by atoms with Crippen molar-refractivity contribution in [2.45, 2.75) is 51.5 Å². The fourth-order valence-electron chi connectivity index (χ4n) is 3.03. The van der Waals surface area contributed by atoms with Crippen LogP contribution in [-0.2, 0) is 6.42 Å². The number of para-hydroxylation sites is 1. The maximum absolute atomic E-state index is 4.72. The molecular weight excluding hydrogens is 304 g/mol. The van der Waals surface area contributed by atoms with Gasteiger partial charge in [-0.05, 0) is 38.3 Å². The summed E-state index contributed by atoms with van der Waals surface area (Å²) >= 11 is 1.80. The van der Waals surface area contributed by atoms with Crippen LogP contribution in [0.4, 0.5) is 0 Å². The van der Waals surface area contributed by atoms with Crippen molar-refractivity contribution in [3.63, 3.8) is 0 Å². The molecule has 1 heterocycles. The molecule has 0 amide bonds. The molecule has 2 N–H and O–H groups in total. The van der Waals surface area contributed by atoms with Crippen molar-refractivity contribution in [2.24, 2.45) is 4.99 Å². The van der Waals surface area contributed by atoms with Crippen molar-refractivity contribution in [3.8, 4) is 0 Å². The Morgan fingerprint density at radius 3 is 2.91 bits per heavy atom. The zero-order valence-electron chi connectivity index (χ0n) is 13.8. The number of rotatable bonds is 6. The molecule has 23 heavy (non-hydrogen) atoms. The molecule has 0 atom stereocenters. The average Bonchev–Trinajstić information content (AvgIpc) is 3.20. The van der Waals surface area contributed by atoms with E-state index in [4.69, 9.17) is 4.99 Å². The Hall–Kier alpha value is -1.62. The molecule has 3 rings (SSSR count). The fourth-order valence-corrected chi connectivity index (χ4v) is 4.04. The predicted molar refractivity (Wildman–Crippen MR) is 99.3 cm³/mol. The van der Waals surface area contributed by atoms with Crippen molar-refractivity contribution in [2.75, 3.05) is 13.1 Å². The second kappa shape index (κ2) is 8.29. The van der Waals surface area contributed by atoms with Crippen LogP contribution in [-0.4, -0.2) is 30.1 Å². The molecule has 1 aromatic heterocycles. The molecule has 0 spiro atoms. The van der Waals surface area contributed by atoms with Crippen LogP contribution in [0.5, 0.6) is 0 Å². The Balaban J connectivity index is 1.49. The van der Waals surface area contributed by atoms with Gasteiger partial charge in [0.15, 0.2) is 5.96 Å². The van der Waals surface area contributed by atoms with Crippen LogP contribution < -0.4 is 10.6 Å². The van der Waals surface area contributed by atoms with E-state index in [2.05, 4.69) is 40.7 Å². The molecule has 0 radical (unpaired) electrons. The SMILES string of the molecule is CCNC(=NCCCc1nc2ccccc2s1)NC1CCCC1. The Morgan fingerprint density at radius 1 is 1.30 bits per heavy atom. The van der Waals surface area contributed by atoms with Crippen LogP contribution in [0.2, 0.25) is 0 Å². The van der Waals surface area contributed by atoms with Gasteiger partial charge >= 0.3 is 0 Å². The van der Waals surface area contributed by atoms with E-state index in [0.717, 1.165) is 37.4 Å². The van der Waals surface area contributed by atoms with Crippen LogP contribution in [0.1, 0.15) is 44.0 Å². The summed E-state index contributed by atoms with van der Waals surface area (Å²) < 4.78 is 1.28. The Morgan fingerprint density at radius 2 is 2.13 bits per heavy atom. The highest BCUT2D eigenvalue weighted by Gasteiger charge is 2.15. The fraction of sp³-hybridized carbons (Fsp3) is 0.556. The first kappa shape index (κ1) is 16.2. The summed E-state index contributed by atoms with van der Waals surface area (Å²) in [6.07, 6.45) is 7.28. The summed E-state index contributed by atoms with van der Waals surface area (Å²) in [5.41, 5.74) is 1.12. The number of aliphatic imine (C=N–C) groups is 1. The molecule has 1 aliphatic carbocycles. The average molecular weight is 331 g/mol. The van der Waals surface area contributed by atoms with Crippen LogP contribution in [0.25, 0.3) is 10.2 Å². The van der Waals surface area contributed by atoms with Gasteiger partial charge in [-0.1, -0.05) is 25.0 Å². The van der Waals surface area contributed by atoms with Gasteiger partial charge in [-0.25, -0.2) is 4.98 Å². The molecule has 2 aromatic rings. The first-order chi connectivity index (χ1) is 11.3. The number of benzene rings is 1. The first-order valence-corrected chi connectivity index (χ1v) is 9.56. The summed E-state index contributed by atoms with van der Waals surface area (Å²) in [5.74, 6) is 0.976. The van der Waals surface area contributed by atoms with Gasteiger partial charge in [0.05, 0.1) is 15.2 Å². The third kappa shape index (κ3) is 4.67. The minimum Gasteiger partial charge on any atom is -0.357 e. The largest absolute Gasteiger partial charge is 0.357 e. The number of guanidine groups is 1. The van der Waals surface area contributed by atoms with E-state index in [1.165, 1.54) is 35.4 Å². The highest BCUT2D eigenvalue weighted by Crippen LogP contribution is 2.22. The second-order valence-corrected chi connectivity index (χ2v) is 7.18. The summed E-state index contributed by atoms with van der Waals surface area (Å²) in [6, 6.07) is 8.96. The number of fused-ring (bicyclic) bond motifs is 1. The van der Waals surface area contributed by atoms with Gasteiger partial charge in [-0.3, -0.25) is 4.99 Å². The summed E-state index contributed by atoms with van der Waals surface area (Å²) in [7, 11) is 0. The number of nitrogens with one attached hydrogen (secondary N) is 2. The topological polar surface area (TPSA) is 49.3 Å². The number of thiazole rings is 1. The number of hydrogen-bond donors (Lipinski definition) is 2. The maximum atomic E-state index is 4.72. The van der Waals surface area contributed by atoms with E-state index >= 15 is 0 Å². The molecule has 0 unspecified atom stereocenters. The van der Waals surface area contributed by atoms with Crippen LogP contribution in [0.3, 0.4) is 0 Å². The summed E-state index contributed by atoms with van der Waals surface area (Å²) in [4.78, 5) is 9.40. The maximum Gasteiger partial charge on any atom is 0.191 e. The van der Waals surface area contributed by atoms with Crippen LogP contribution in [0.15, 0.2) is 29.3 Å². The first-order valence-electron chi connectivity index (χ1n) is 8.74. The normalized spacial score (nSPS) is 16.1. The molecular formula is C18H26N4S. The van der Waals surface area contributed by atoms with E-state index in [-0.39, 0.29) is 0 Å². The number of aryl methyl sites for hydroxylation is 1. The number of nitrogens with zero attached hydrogens (tertiary/aromatic N) is 2.